The molecule has 0 spiro atoms. The predicted octanol–water partition coefficient (Wildman–Crippen LogP) is 2.91. The Kier molecular flexibility index (Phi) is 4.99. The lowest BCUT2D eigenvalue weighted by Crippen LogP contribution is -2.12. The molecule has 0 aliphatic rings. The molecule has 0 heterocycles. The standard InChI is InChI=1S/C10H11Cl2NO4/c1-6(4-14)5-17-10-8(11)2-7(13(15)16)3-9(10)12/h2-3,6,14H,4-5H2,1H3. The minimum absolute atomic E-state index is 0.0256. The summed E-state index contributed by atoms with van der Waals surface area (Å²) in [7, 11) is 0. The van der Waals surface area contributed by atoms with Crippen molar-refractivity contribution in [3.63, 3.8) is 0 Å². The zero-order valence-electron chi connectivity index (χ0n) is 9.02. The van der Waals surface area contributed by atoms with E-state index < -0.39 is 4.92 Å². The number of aliphatic hydroxyl groups excluding tert-OH is 1. The number of rotatable bonds is 5. The molecule has 0 saturated carbocycles. The molecular weight excluding hydrogens is 269 g/mol. The summed E-state index contributed by atoms with van der Waals surface area (Å²) in [5.41, 5.74) is -0.192. The van der Waals surface area contributed by atoms with E-state index in [9.17, 15) is 10.1 Å². The number of nitrogens with zero attached hydrogens (tertiary/aromatic N) is 1. The van der Waals surface area contributed by atoms with Crippen molar-refractivity contribution >= 4 is 28.9 Å². The summed E-state index contributed by atoms with van der Waals surface area (Å²) in [5, 5.41) is 19.5. The average Bonchev–Trinajstić information content (AvgIpc) is 2.27. The number of nitro groups is 1. The highest BCUT2D eigenvalue weighted by Gasteiger charge is 2.16. The minimum atomic E-state index is -0.585. The summed E-state index contributed by atoms with van der Waals surface area (Å²) >= 11 is 11.7. The molecule has 94 valence electrons. The van der Waals surface area contributed by atoms with E-state index in [0.717, 1.165) is 0 Å². The van der Waals surface area contributed by atoms with Crippen LogP contribution in [0.3, 0.4) is 0 Å². The molecule has 17 heavy (non-hydrogen) atoms. The van der Waals surface area contributed by atoms with Gasteiger partial charge in [0.15, 0.2) is 5.75 Å². The first-order valence-corrected chi connectivity index (χ1v) is 5.58. The third-order valence-corrected chi connectivity index (χ3v) is 2.58. The van der Waals surface area contributed by atoms with Crippen LogP contribution in [0.5, 0.6) is 5.75 Å². The van der Waals surface area contributed by atoms with Crippen molar-refractivity contribution in [2.24, 2.45) is 5.92 Å². The normalized spacial score (nSPS) is 12.2. The highest BCUT2D eigenvalue weighted by atomic mass is 35.5. The van der Waals surface area contributed by atoms with Gasteiger partial charge < -0.3 is 9.84 Å². The Morgan fingerprint density at radius 2 is 2.00 bits per heavy atom. The van der Waals surface area contributed by atoms with Crippen LogP contribution in [0.1, 0.15) is 6.92 Å². The first-order chi connectivity index (χ1) is 7.95. The number of benzene rings is 1. The summed E-state index contributed by atoms with van der Waals surface area (Å²) in [6, 6.07) is 2.35. The lowest BCUT2D eigenvalue weighted by molar-refractivity contribution is -0.384. The second-order valence-corrected chi connectivity index (χ2v) is 4.41. The number of hydrogen-bond acceptors (Lipinski definition) is 4. The van der Waals surface area contributed by atoms with E-state index in [1.807, 2.05) is 0 Å². The first kappa shape index (κ1) is 14.0. The Labute approximate surface area is 108 Å². The number of nitro benzene ring substituents is 1. The van der Waals surface area contributed by atoms with Gasteiger partial charge in [0.2, 0.25) is 0 Å². The van der Waals surface area contributed by atoms with Crippen molar-refractivity contribution in [2.75, 3.05) is 13.2 Å². The van der Waals surface area contributed by atoms with E-state index in [4.69, 9.17) is 33.0 Å². The molecular formula is C10H11Cl2NO4. The maximum atomic E-state index is 10.5. The number of ether oxygens (including phenoxy) is 1. The van der Waals surface area contributed by atoms with E-state index in [-0.39, 0.29) is 40.6 Å². The van der Waals surface area contributed by atoms with Gasteiger partial charge in [-0.15, -0.1) is 0 Å². The quantitative estimate of drug-likeness (QED) is 0.664. The van der Waals surface area contributed by atoms with Crippen LogP contribution in [0.25, 0.3) is 0 Å². The topological polar surface area (TPSA) is 72.6 Å². The fourth-order valence-electron chi connectivity index (χ4n) is 1.07. The minimum Gasteiger partial charge on any atom is -0.490 e. The molecule has 0 aliphatic carbocycles. The summed E-state index contributed by atoms with van der Waals surface area (Å²) in [6.45, 7) is 1.99. The molecule has 1 aromatic carbocycles. The lowest BCUT2D eigenvalue weighted by atomic mass is 10.2. The van der Waals surface area contributed by atoms with Crippen molar-refractivity contribution in [1.82, 2.24) is 0 Å². The highest BCUT2D eigenvalue weighted by Crippen LogP contribution is 2.36. The average molecular weight is 280 g/mol. The molecule has 0 aromatic heterocycles. The van der Waals surface area contributed by atoms with Gasteiger partial charge in [-0.25, -0.2) is 0 Å². The van der Waals surface area contributed by atoms with Crippen molar-refractivity contribution in [2.45, 2.75) is 6.92 Å². The Morgan fingerprint density at radius 1 is 1.47 bits per heavy atom. The molecule has 0 bridgehead atoms. The molecule has 1 rings (SSSR count). The maximum absolute atomic E-state index is 10.5. The van der Waals surface area contributed by atoms with Crippen molar-refractivity contribution in [1.29, 1.82) is 0 Å². The van der Waals surface area contributed by atoms with Gasteiger partial charge in [0.25, 0.3) is 5.69 Å². The molecule has 0 radical (unpaired) electrons. The Bertz CT molecular complexity index is 402. The van der Waals surface area contributed by atoms with Crippen LogP contribution in [0.15, 0.2) is 12.1 Å². The van der Waals surface area contributed by atoms with E-state index in [1.165, 1.54) is 12.1 Å². The summed E-state index contributed by atoms with van der Waals surface area (Å²) in [4.78, 5) is 9.96. The largest absolute Gasteiger partial charge is 0.490 e. The fraction of sp³-hybridized carbons (Fsp3) is 0.400. The second kappa shape index (κ2) is 6.05. The van der Waals surface area contributed by atoms with Gasteiger partial charge in [-0.1, -0.05) is 30.1 Å². The van der Waals surface area contributed by atoms with Crippen molar-refractivity contribution in [3.8, 4) is 5.75 Å². The van der Waals surface area contributed by atoms with E-state index >= 15 is 0 Å². The van der Waals surface area contributed by atoms with Crippen LogP contribution in [0, 0.1) is 16.0 Å². The zero-order chi connectivity index (χ0) is 13.0. The summed E-state index contributed by atoms with van der Waals surface area (Å²) in [6.07, 6.45) is 0. The fourth-order valence-corrected chi connectivity index (χ4v) is 1.65. The zero-order valence-corrected chi connectivity index (χ0v) is 10.5. The molecule has 0 aliphatic heterocycles. The Balaban J connectivity index is 2.90. The second-order valence-electron chi connectivity index (χ2n) is 3.59. The molecule has 0 saturated heterocycles. The molecule has 1 aromatic rings. The first-order valence-electron chi connectivity index (χ1n) is 4.82. The van der Waals surface area contributed by atoms with Crippen LogP contribution in [-0.2, 0) is 0 Å². The van der Waals surface area contributed by atoms with Crippen molar-refractivity contribution in [3.05, 3.63) is 32.3 Å². The van der Waals surface area contributed by atoms with Crippen LogP contribution in [0.2, 0.25) is 10.0 Å². The van der Waals surface area contributed by atoms with E-state index in [1.54, 1.807) is 6.92 Å². The molecule has 0 amide bonds. The third kappa shape index (κ3) is 3.73. The number of halogens is 2. The van der Waals surface area contributed by atoms with Gasteiger partial charge in [-0.2, -0.15) is 0 Å². The number of hydrogen-bond donors (Lipinski definition) is 1. The summed E-state index contributed by atoms with van der Waals surface area (Å²) < 4.78 is 5.31. The van der Waals surface area contributed by atoms with Gasteiger partial charge >= 0.3 is 0 Å². The number of non-ortho nitro benzene ring substituents is 1. The van der Waals surface area contributed by atoms with E-state index in [2.05, 4.69) is 0 Å². The Hall–Kier alpha value is -1.04. The molecule has 1 atom stereocenters. The molecule has 5 nitrogen and oxygen atoms in total. The van der Waals surface area contributed by atoms with Gasteiger partial charge in [-0.3, -0.25) is 10.1 Å². The molecule has 1 N–H and O–H groups in total. The van der Waals surface area contributed by atoms with Gasteiger partial charge in [0, 0.05) is 24.7 Å². The van der Waals surface area contributed by atoms with Crippen LogP contribution >= 0.6 is 23.2 Å². The molecule has 1 unspecified atom stereocenters. The Morgan fingerprint density at radius 3 is 2.41 bits per heavy atom. The number of aliphatic hydroxyl groups is 1. The molecule has 0 fully saturated rings. The maximum Gasteiger partial charge on any atom is 0.272 e. The SMILES string of the molecule is CC(CO)COc1c(Cl)cc([N+](=O)[O-])cc1Cl. The van der Waals surface area contributed by atoms with Crippen LogP contribution in [-0.4, -0.2) is 23.2 Å². The smallest absolute Gasteiger partial charge is 0.272 e. The third-order valence-electron chi connectivity index (χ3n) is 2.02. The van der Waals surface area contributed by atoms with E-state index in [0.29, 0.717) is 0 Å². The van der Waals surface area contributed by atoms with Crippen molar-refractivity contribution < 1.29 is 14.8 Å². The highest BCUT2D eigenvalue weighted by molar-refractivity contribution is 6.37. The van der Waals surface area contributed by atoms with Gasteiger partial charge in [-0.05, 0) is 0 Å². The van der Waals surface area contributed by atoms with Gasteiger partial charge in [0.05, 0.1) is 21.6 Å². The van der Waals surface area contributed by atoms with Gasteiger partial charge in [0.1, 0.15) is 0 Å². The monoisotopic (exact) mass is 279 g/mol. The lowest BCUT2D eigenvalue weighted by Gasteiger charge is -2.12. The van der Waals surface area contributed by atoms with Crippen LogP contribution in [0.4, 0.5) is 5.69 Å². The molecule has 7 heteroatoms. The predicted molar refractivity (Wildman–Crippen MR) is 64.9 cm³/mol. The van der Waals surface area contributed by atoms with Crippen LogP contribution < -0.4 is 4.74 Å². The summed E-state index contributed by atoms with van der Waals surface area (Å²) in [5.74, 6) is 0.122.